The summed E-state index contributed by atoms with van der Waals surface area (Å²) in [5.74, 6) is 1.54. The Hall–Kier alpha value is -0.260. The lowest BCUT2D eigenvalue weighted by molar-refractivity contribution is 0.489. The molecule has 0 amide bonds. The van der Waals surface area contributed by atoms with Crippen LogP contribution in [0.1, 0.15) is 48.0 Å². The van der Waals surface area contributed by atoms with Crippen molar-refractivity contribution in [2.45, 2.75) is 48.0 Å². The van der Waals surface area contributed by atoms with E-state index < -0.39 is 0 Å². The maximum Gasteiger partial charge on any atom is -0.0203 e. The highest BCUT2D eigenvalue weighted by Crippen LogP contribution is 2.18. The van der Waals surface area contributed by atoms with Gasteiger partial charge in [0.1, 0.15) is 0 Å². The minimum absolute atomic E-state index is 0.339. The van der Waals surface area contributed by atoms with E-state index in [1.807, 2.05) is 0 Å². The van der Waals surface area contributed by atoms with Crippen LogP contribution in [0, 0.1) is 17.3 Å². The molecule has 1 unspecified atom stereocenters. The topological polar surface area (TPSA) is 0 Å². The van der Waals surface area contributed by atoms with E-state index >= 15 is 0 Å². The second kappa shape index (κ2) is 4.69. The van der Waals surface area contributed by atoms with E-state index in [1.165, 1.54) is 6.42 Å². The molecule has 0 aromatic heterocycles. The molecule has 0 rings (SSSR count). The van der Waals surface area contributed by atoms with Crippen molar-refractivity contribution in [3.05, 3.63) is 12.2 Å². The highest BCUT2D eigenvalue weighted by atomic mass is 14.1. The number of allylic oxidation sites excluding steroid dienone is 2. The van der Waals surface area contributed by atoms with Crippen LogP contribution in [-0.2, 0) is 0 Å². The molecule has 0 heterocycles. The van der Waals surface area contributed by atoms with Gasteiger partial charge in [0.2, 0.25) is 0 Å². The summed E-state index contributed by atoms with van der Waals surface area (Å²) in [6, 6.07) is 0. The molecule has 0 fully saturated rings. The van der Waals surface area contributed by atoms with Crippen molar-refractivity contribution < 1.29 is 0 Å². The van der Waals surface area contributed by atoms with Crippen LogP contribution in [0.25, 0.3) is 0 Å². The van der Waals surface area contributed by atoms with Gasteiger partial charge in [-0.25, -0.2) is 0 Å². The van der Waals surface area contributed by atoms with Gasteiger partial charge in [0.15, 0.2) is 0 Å². The molecule has 0 saturated heterocycles. The second-order valence-corrected chi connectivity index (χ2v) is 5.33. The van der Waals surface area contributed by atoms with Crippen molar-refractivity contribution >= 4 is 0 Å². The molecule has 0 aliphatic heterocycles. The van der Waals surface area contributed by atoms with Gasteiger partial charge < -0.3 is 0 Å². The fraction of sp³-hybridized carbons (Fsp3) is 0.833. The molecule has 0 aliphatic rings. The molecule has 0 aromatic carbocycles. The summed E-state index contributed by atoms with van der Waals surface area (Å²) in [6.45, 7) is 13.6. The molecule has 0 radical (unpaired) electrons. The average Bonchev–Trinajstić information content (AvgIpc) is 1.80. The van der Waals surface area contributed by atoms with Gasteiger partial charge in [-0.1, -0.05) is 53.7 Å². The van der Waals surface area contributed by atoms with E-state index in [9.17, 15) is 0 Å². The maximum atomic E-state index is 2.35. The quantitative estimate of drug-likeness (QED) is 0.552. The zero-order valence-electron chi connectivity index (χ0n) is 9.52. The summed E-state index contributed by atoms with van der Waals surface area (Å²) >= 11 is 0. The van der Waals surface area contributed by atoms with Gasteiger partial charge in [-0.05, 0) is 23.7 Å². The minimum Gasteiger partial charge on any atom is -0.0852 e. The maximum absolute atomic E-state index is 2.35. The Balaban J connectivity index is 3.83. The summed E-state index contributed by atoms with van der Waals surface area (Å²) in [6.07, 6.45) is 5.96. The molecule has 0 heteroatoms. The molecule has 0 nitrogen and oxygen atoms in total. The SMILES string of the molecule is CC(C)CC(C)/C=C/C(C)(C)C. The fourth-order valence-corrected chi connectivity index (χ4v) is 1.28. The molecule has 12 heavy (non-hydrogen) atoms. The van der Waals surface area contributed by atoms with Gasteiger partial charge in [0.05, 0.1) is 0 Å². The first-order valence-electron chi connectivity index (χ1n) is 5.00. The summed E-state index contributed by atoms with van der Waals surface area (Å²) in [5, 5.41) is 0. The first-order valence-corrected chi connectivity index (χ1v) is 5.00. The smallest absolute Gasteiger partial charge is 0.0203 e. The first kappa shape index (κ1) is 11.7. The number of hydrogen-bond donors (Lipinski definition) is 0. The Bertz CT molecular complexity index is 135. The van der Waals surface area contributed by atoms with Gasteiger partial charge >= 0.3 is 0 Å². The summed E-state index contributed by atoms with van der Waals surface area (Å²) in [7, 11) is 0. The largest absolute Gasteiger partial charge is 0.0852 e. The lowest BCUT2D eigenvalue weighted by Gasteiger charge is -2.14. The minimum atomic E-state index is 0.339. The van der Waals surface area contributed by atoms with Gasteiger partial charge in [0.25, 0.3) is 0 Å². The second-order valence-electron chi connectivity index (χ2n) is 5.33. The fourth-order valence-electron chi connectivity index (χ4n) is 1.28. The van der Waals surface area contributed by atoms with Crippen LogP contribution < -0.4 is 0 Å². The van der Waals surface area contributed by atoms with Crippen LogP contribution in [-0.4, -0.2) is 0 Å². The third kappa shape index (κ3) is 7.84. The van der Waals surface area contributed by atoms with E-state index in [-0.39, 0.29) is 0 Å². The predicted octanol–water partition coefficient (Wildman–Crippen LogP) is 4.27. The lowest BCUT2D eigenvalue weighted by atomic mass is 9.92. The zero-order chi connectivity index (χ0) is 9.78. The molecular formula is C12H24. The lowest BCUT2D eigenvalue weighted by Crippen LogP contribution is -2.02. The molecule has 0 aliphatic carbocycles. The van der Waals surface area contributed by atoms with Crippen molar-refractivity contribution in [1.82, 2.24) is 0 Å². The van der Waals surface area contributed by atoms with Crippen LogP contribution in [0.15, 0.2) is 12.2 Å². The summed E-state index contributed by atoms with van der Waals surface area (Å²) in [4.78, 5) is 0. The van der Waals surface area contributed by atoms with Gasteiger partial charge in [-0.3, -0.25) is 0 Å². The monoisotopic (exact) mass is 168 g/mol. The average molecular weight is 168 g/mol. The Kier molecular flexibility index (Phi) is 4.59. The highest BCUT2D eigenvalue weighted by molar-refractivity contribution is 4.94. The predicted molar refractivity (Wildman–Crippen MR) is 57.2 cm³/mol. The zero-order valence-corrected chi connectivity index (χ0v) is 9.52. The molecule has 0 aromatic rings. The van der Waals surface area contributed by atoms with E-state index in [2.05, 4.69) is 53.7 Å². The van der Waals surface area contributed by atoms with Crippen LogP contribution in [0.5, 0.6) is 0 Å². The van der Waals surface area contributed by atoms with Crippen molar-refractivity contribution in [3.63, 3.8) is 0 Å². The van der Waals surface area contributed by atoms with Crippen LogP contribution >= 0.6 is 0 Å². The molecule has 72 valence electrons. The van der Waals surface area contributed by atoms with Crippen molar-refractivity contribution in [2.75, 3.05) is 0 Å². The van der Waals surface area contributed by atoms with Crippen molar-refractivity contribution in [3.8, 4) is 0 Å². The summed E-state index contributed by atoms with van der Waals surface area (Å²) < 4.78 is 0. The van der Waals surface area contributed by atoms with Crippen LogP contribution in [0.3, 0.4) is 0 Å². The third-order valence-corrected chi connectivity index (χ3v) is 1.77. The van der Waals surface area contributed by atoms with E-state index in [1.54, 1.807) is 0 Å². The van der Waals surface area contributed by atoms with Crippen molar-refractivity contribution in [2.24, 2.45) is 17.3 Å². The Labute approximate surface area is 78.1 Å². The third-order valence-electron chi connectivity index (χ3n) is 1.77. The molecule has 0 bridgehead atoms. The van der Waals surface area contributed by atoms with E-state index in [0.717, 1.165) is 11.8 Å². The molecule has 1 atom stereocenters. The normalized spacial score (nSPS) is 15.9. The number of rotatable bonds is 3. The molecule has 0 saturated carbocycles. The van der Waals surface area contributed by atoms with Gasteiger partial charge in [-0.2, -0.15) is 0 Å². The number of hydrogen-bond acceptors (Lipinski definition) is 0. The molecule has 0 N–H and O–H groups in total. The molecular weight excluding hydrogens is 144 g/mol. The first-order chi connectivity index (χ1) is 5.31. The Morgan fingerprint density at radius 3 is 1.92 bits per heavy atom. The highest BCUT2D eigenvalue weighted by Gasteiger charge is 2.06. The van der Waals surface area contributed by atoms with Crippen molar-refractivity contribution in [1.29, 1.82) is 0 Å². The van der Waals surface area contributed by atoms with Gasteiger partial charge in [-0.15, -0.1) is 0 Å². The summed E-state index contributed by atoms with van der Waals surface area (Å²) in [5.41, 5.74) is 0.339. The van der Waals surface area contributed by atoms with Crippen LogP contribution in [0.4, 0.5) is 0 Å². The Morgan fingerprint density at radius 1 is 1.08 bits per heavy atom. The Morgan fingerprint density at radius 2 is 1.58 bits per heavy atom. The van der Waals surface area contributed by atoms with E-state index in [4.69, 9.17) is 0 Å². The van der Waals surface area contributed by atoms with E-state index in [0.29, 0.717) is 5.41 Å². The van der Waals surface area contributed by atoms with Crippen LogP contribution in [0.2, 0.25) is 0 Å². The standard InChI is InChI=1S/C12H24/c1-10(2)9-11(3)7-8-12(4,5)6/h7-8,10-11H,9H2,1-6H3/b8-7+. The molecule has 0 spiro atoms. The van der Waals surface area contributed by atoms with Gasteiger partial charge in [0, 0.05) is 0 Å².